The molecule has 1 amide bonds. The summed E-state index contributed by atoms with van der Waals surface area (Å²) < 4.78 is 0.926. The van der Waals surface area contributed by atoms with Crippen molar-refractivity contribution in [3.05, 3.63) is 39.9 Å². The van der Waals surface area contributed by atoms with Crippen LogP contribution in [-0.4, -0.2) is 35.0 Å². The van der Waals surface area contributed by atoms with E-state index >= 15 is 0 Å². The fraction of sp³-hybridized carbons (Fsp3) is 0.333. The van der Waals surface area contributed by atoms with Gasteiger partial charge in [0.05, 0.1) is 6.42 Å². The quantitative estimate of drug-likeness (QED) is 0.810. The van der Waals surface area contributed by atoms with Crippen LogP contribution in [0.15, 0.2) is 28.7 Å². The highest BCUT2D eigenvalue weighted by Gasteiger charge is 2.10. The topological polar surface area (TPSA) is 57.6 Å². The summed E-state index contributed by atoms with van der Waals surface area (Å²) in [6.07, 6.45) is 3.16. The molecule has 1 aromatic carbocycles. The van der Waals surface area contributed by atoms with Crippen LogP contribution in [-0.2, 0) is 9.59 Å². The number of carbonyl (C=O) groups excluding carboxylic acids is 1. The highest BCUT2D eigenvalue weighted by Crippen LogP contribution is 2.19. The van der Waals surface area contributed by atoms with Crippen molar-refractivity contribution < 1.29 is 14.7 Å². The van der Waals surface area contributed by atoms with Crippen molar-refractivity contribution in [2.45, 2.75) is 20.3 Å². The highest BCUT2D eigenvalue weighted by molar-refractivity contribution is 9.10. The minimum Gasteiger partial charge on any atom is -0.481 e. The monoisotopic (exact) mass is 339 g/mol. The van der Waals surface area contributed by atoms with E-state index < -0.39 is 5.97 Å². The first-order valence-corrected chi connectivity index (χ1v) is 7.18. The molecule has 1 rings (SSSR count). The van der Waals surface area contributed by atoms with Gasteiger partial charge >= 0.3 is 5.97 Å². The third kappa shape index (κ3) is 5.17. The van der Waals surface area contributed by atoms with Gasteiger partial charge in [0.2, 0.25) is 5.91 Å². The van der Waals surface area contributed by atoms with E-state index in [1.165, 1.54) is 11.0 Å². The SMILES string of the molecule is CCN(CCC(=O)O)C(=O)/C=C/c1ccc(C)cc1Br. The van der Waals surface area contributed by atoms with Crippen LogP contribution in [0.1, 0.15) is 24.5 Å². The lowest BCUT2D eigenvalue weighted by atomic mass is 10.1. The average Bonchev–Trinajstić information content (AvgIpc) is 2.38. The zero-order chi connectivity index (χ0) is 15.1. The molecule has 0 spiro atoms. The average molecular weight is 340 g/mol. The minimum atomic E-state index is -0.901. The van der Waals surface area contributed by atoms with E-state index in [9.17, 15) is 9.59 Å². The maximum absolute atomic E-state index is 12.0. The summed E-state index contributed by atoms with van der Waals surface area (Å²) in [5.41, 5.74) is 2.05. The summed E-state index contributed by atoms with van der Waals surface area (Å²) >= 11 is 3.45. The molecule has 1 N–H and O–H groups in total. The van der Waals surface area contributed by atoms with Gasteiger partial charge in [-0.2, -0.15) is 0 Å². The minimum absolute atomic E-state index is 0.0400. The Labute approximate surface area is 127 Å². The summed E-state index contributed by atoms with van der Waals surface area (Å²) in [5.74, 6) is -1.08. The molecule has 0 aliphatic carbocycles. The lowest BCUT2D eigenvalue weighted by molar-refractivity contribution is -0.137. The number of hydrogen-bond acceptors (Lipinski definition) is 2. The summed E-state index contributed by atoms with van der Waals surface area (Å²) in [5, 5.41) is 8.65. The van der Waals surface area contributed by atoms with Gasteiger partial charge in [-0.3, -0.25) is 9.59 Å². The van der Waals surface area contributed by atoms with Gasteiger partial charge in [0.1, 0.15) is 0 Å². The van der Waals surface area contributed by atoms with Gasteiger partial charge in [-0.05, 0) is 37.1 Å². The Bertz CT molecular complexity index is 526. The van der Waals surface area contributed by atoms with Crippen molar-refractivity contribution in [2.75, 3.05) is 13.1 Å². The molecular weight excluding hydrogens is 322 g/mol. The Morgan fingerprint density at radius 2 is 2.10 bits per heavy atom. The van der Waals surface area contributed by atoms with Crippen LogP contribution in [0.25, 0.3) is 6.08 Å². The smallest absolute Gasteiger partial charge is 0.305 e. The van der Waals surface area contributed by atoms with E-state index in [0.717, 1.165) is 15.6 Å². The molecule has 1 aromatic rings. The van der Waals surface area contributed by atoms with Crippen LogP contribution < -0.4 is 0 Å². The van der Waals surface area contributed by atoms with E-state index in [1.807, 2.05) is 32.0 Å². The molecule has 108 valence electrons. The van der Waals surface area contributed by atoms with Crippen LogP contribution in [0.5, 0.6) is 0 Å². The molecule has 0 aromatic heterocycles. The molecule has 0 radical (unpaired) electrons. The number of aryl methyl sites for hydroxylation is 1. The maximum Gasteiger partial charge on any atom is 0.305 e. The van der Waals surface area contributed by atoms with Crippen LogP contribution in [0.2, 0.25) is 0 Å². The third-order valence-electron chi connectivity index (χ3n) is 2.85. The Kier molecular flexibility index (Phi) is 6.45. The van der Waals surface area contributed by atoms with E-state index in [0.29, 0.717) is 6.54 Å². The van der Waals surface area contributed by atoms with Gasteiger partial charge in [-0.15, -0.1) is 0 Å². The van der Waals surface area contributed by atoms with Crippen molar-refractivity contribution >= 4 is 33.9 Å². The van der Waals surface area contributed by atoms with Crippen LogP contribution >= 0.6 is 15.9 Å². The molecule has 0 saturated heterocycles. The second kappa shape index (κ2) is 7.85. The lowest BCUT2D eigenvalue weighted by Gasteiger charge is -2.17. The van der Waals surface area contributed by atoms with Gasteiger partial charge in [-0.1, -0.05) is 28.1 Å². The molecule has 5 heteroatoms. The molecule has 20 heavy (non-hydrogen) atoms. The predicted molar refractivity (Wildman–Crippen MR) is 82.4 cm³/mol. The van der Waals surface area contributed by atoms with Crippen molar-refractivity contribution in [1.29, 1.82) is 0 Å². The number of halogens is 1. The standard InChI is InChI=1S/C15H18BrNO3/c1-3-17(9-8-15(19)20)14(18)7-6-12-5-4-11(2)10-13(12)16/h4-7,10H,3,8-9H2,1-2H3,(H,19,20)/b7-6+. The second-order valence-electron chi connectivity index (χ2n) is 4.42. The van der Waals surface area contributed by atoms with E-state index in [1.54, 1.807) is 6.08 Å². The molecule has 0 atom stereocenters. The summed E-state index contributed by atoms with van der Waals surface area (Å²) in [6, 6.07) is 5.87. The van der Waals surface area contributed by atoms with Gasteiger partial charge in [0.15, 0.2) is 0 Å². The molecule has 4 nitrogen and oxygen atoms in total. The number of hydrogen-bond donors (Lipinski definition) is 1. The predicted octanol–water partition coefficient (Wildman–Crippen LogP) is 3.09. The molecule has 0 unspecified atom stereocenters. The Morgan fingerprint density at radius 3 is 2.65 bits per heavy atom. The van der Waals surface area contributed by atoms with Crippen molar-refractivity contribution in [2.24, 2.45) is 0 Å². The number of nitrogens with zero attached hydrogens (tertiary/aromatic N) is 1. The Morgan fingerprint density at radius 1 is 1.40 bits per heavy atom. The first kappa shape index (κ1) is 16.4. The molecule has 0 fully saturated rings. The molecule has 0 bridgehead atoms. The summed E-state index contributed by atoms with van der Waals surface area (Å²) in [4.78, 5) is 24.0. The van der Waals surface area contributed by atoms with Crippen molar-refractivity contribution in [3.63, 3.8) is 0 Å². The summed E-state index contributed by atoms with van der Waals surface area (Å²) in [7, 11) is 0. The zero-order valence-electron chi connectivity index (χ0n) is 11.6. The zero-order valence-corrected chi connectivity index (χ0v) is 13.2. The Balaban J connectivity index is 2.72. The maximum atomic E-state index is 12.0. The first-order chi connectivity index (χ1) is 9.43. The van der Waals surface area contributed by atoms with Crippen LogP contribution in [0, 0.1) is 6.92 Å². The fourth-order valence-electron chi connectivity index (χ4n) is 1.69. The number of benzene rings is 1. The number of carboxylic acid groups (broad SMARTS) is 1. The molecule has 0 aliphatic heterocycles. The number of carbonyl (C=O) groups is 2. The molecular formula is C15H18BrNO3. The molecule has 0 heterocycles. The number of amides is 1. The normalized spacial score (nSPS) is 10.8. The van der Waals surface area contributed by atoms with E-state index in [2.05, 4.69) is 15.9 Å². The fourth-order valence-corrected chi connectivity index (χ4v) is 2.31. The second-order valence-corrected chi connectivity index (χ2v) is 5.27. The third-order valence-corrected chi connectivity index (χ3v) is 3.54. The molecule has 0 aliphatic rings. The first-order valence-electron chi connectivity index (χ1n) is 6.39. The van der Waals surface area contributed by atoms with Gasteiger partial charge in [-0.25, -0.2) is 0 Å². The summed E-state index contributed by atoms with van der Waals surface area (Å²) in [6.45, 7) is 4.54. The van der Waals surface area contributed by atoms with Crippen LogP contribution in [0.4, 0.5) is 0 Å². The van der Waals surface area contributed by atoms with Gasteiger partial charge < -0.3 is 10.0 Å². The van der Waals surface area contributed by atoms with Crippen molar-refractivity contribution in [3.8, 4) is 0 Å². The molecule has 0 saturated carbocycles. The number of likely N-dealkylation sites (N-methyl/N-ethyl adjacent to an activating group) is 1. The highest BCUT2D eigenvalue weighted by atomic mass is 79.9. The lowest BCUT2D eigenvalue weighted by Crippen LogP contribution is -2.31. The van der Waals surface area contributed by atoms with Gasteiger partial charge in [0.25, 0.3) is 0 Å². The number of rotatable bonds is 6. The van der Waals surface area contributed by atoms with Crippen molar-refractivity contribution in [1.82, 2.24) is 4.90 Å². The number of carboxylic acids is 1. The number of aliphatic carboxylic acids is 1. The van der Waals surface area contributed by atoms with E-state index in [4.69, 9.17) is 5.11 Å². The van der Waals surface area contributed by atoms with Crippen LogP contribution in [0.3, 0.4) is 0 Å². The largest absolute Gasteiger partial charge is 0.481 e. The van der Waals surface area contributed by atoms with Gasteiger partial charge in [0, 0.05) is 23.6 Å². The van der Waals surface area contributed by atoms with E-state index in [-0.39, 0.29) is 18.9 Å². The Hall–Kier alpha value is -1.62.